The molecule has 0 atom stereocenters. The number of rotatable bonds is 8. The maximum atomic E-state index is 5.24. The maximum Gasteiger partial charge on any atom is 0.117 e. The van der Waals surface area contributed by atoms with Gasteiger partial charge in [-0.2, -0.15) is 0 Å². The van der Waals surface area contributed by atoms with E-state index >= 15 is 0 Å². The van der Waals surface area contributed by atoms with Crippen LogP contribution in [0.4, 0.5) is 0 Å². The highest BCUT2D eigenvalue weighted by atomic mass is 16.3. The number of unbranched alkanes of at least 4 members (excludes halogenated alkanes) is 1. The van der Waals surface area contributed by atoms with E-state index < -0.39 is 0 Å². The second-order valence-corrected chi connectivity index (χ2v) is 4.54. The zero-order valence-electron chi connectivity index (χ0n) is 10.7. The zero-order valence-corrected chi connectivity index (χ0v) is 10.7. The molecule has 0 amide bonds. The summed E-state index contributed by atoms with van der Waals surface area (Å²) in [6, 6.07) is 4.57. The van der Waals surface area contributed by atoms with Gasteiger partial charge < -0.3 is 14.6 Å². The Morgan fingerprint density at radius 1 is 1.38 bits per heavy atom. The fraction of sp³-hybridized carbons (Fsp3) is 0.692. The molecule has 1 aromatic rings. The molecule has 0 aliphatic carbocycles. The highest BCUT2D eigenvalue weighted by Gasteiger charge is 2.01. The molecule has 0 saturated heterocycles. The molecule has 3 nitrogen and oxygen atoms in total. The Hall–Kier alpha value is -0.800. The lowest BCUT2D eigenvalue weighted by atomic mass is 10.2. The predicted molar refractivity (Wildman–Crippen MR) is 67.4 cm³/mol. The SMILES string of the molecule is CC(C)N(C)CCCCNCc1ccco1. The first-order valence-electron chi connectivity index (χ1n) is 6.13. The van der Waals surface area contributed by atoms with Gasteiger partial charge in [-0.25, -0.2) is 0 Å². The van der Waals surface area contributed by atoms with Crippen LogP contribution in [0.15, 0.2) is 22.8 Å². The molecule has 1 rings (SSSR count). The Labute approximate surface area is 98.8 Å². The number of hydrogen-bond donors (Lipinski definition) is 1. The summed E-state index contributed by atoms with van der Waals surface area (Å²) in [5.74, 6) is 1.01. The molecule has 0 spiro atoms. The van der Waals surface area contributed by atoms with E-state index in [1.54, 1.807) is 6.26 Å². The minimum absolute atomic E-state index is 0.649. The van der Waals surface area contributed by atoms with Crippen LogP contribution in [0.2, 0.25) is 0 Å². The summed E-state index contributed by atoms with van der Waals surface area (Å²) in [7, 11) is 2.18. The van der Waals surface area contributed by atoms with Gasteiger partial charge in [-0.1, -0.05) is 0 Å². The molecule has 0 aromatic carbocycles. The van der Waals surface area contributed by atoms with Gasteiger partial charge in [-0.3, -0.25) is 0 Å². The monoisotopic (exact) mass is 224 g/mol. The van der Waals surface area contributed by atoms with Crippen molar-refractivity contribution in [2.45, 2.75) is 39.3 Å². The van der Waals surface area contributed by atoms with Gasteiger partial charge in [0.1, 0.15) is 5.76 Å². The van der Waals surface area contributed by atoms with Crippen molar-refractivity contribution in [1.29, 1.82) is 0 Å². The van der Waals surface area contributed by atoms with Gasteiger partial charge in [0.25, 0.3) is 0 Å². The minimum atomic E-state index is 0.649. The van der Waals surface area contributed by atoms with E-state index in [2.05, 4.69) is 31.1 Å². The van der Waals surface area contributed by atoms with Crippen LogP contribution in [-0.4, -0.2) is 31.1 Å². The fourth-order valence-electron chi connectivity index (χ4n) is 1.49. The maximum absolute atomic E-state index is 5.24. The molecular weight excluding hydrogens is 200 g/mol. The summed E-state index contributed by atoms with van der Waals surface area (Å²) in [6.07, 6.45) is 4.19. The molecule has 3 heteroatoms. The van der Waals surface area contributed by atoms with Gasteiger partial charge in [0, 0.05) is 6.04 Å². The summed E-state index contributed by atoms with van der Waals surface area (Å²) in [5, 5.41) is 3.38. The van der Waals surface area contributed by atoms with Gasteiger partial charge in [-0.05, 0) is 59.0 Å². The standard InChI is InChI=1S/C13H24N2O/c1-12(2)15(3)9-5-4-8-14-11-13-7-6-10-16-13/h6-7,10,12,14H,4-5,8-9,11H2,1-3H3. The Morgan fingerprint density at radius 2 is 2.19 bits per heavy atom. The molecule has 92 valence electrons. The lowest BCUT2D eigenvalue weighted by Crippen LogP contribution is -2.27. The Bertz CT molecular complexity index is 257. The zero-order chi connectivity index (χ0) is 11.8. The highest BCUT2D eigenvalue weighted by Crippen LogP contribution is 2.00. The van der Waals surface area contributed by atoms with Gasteiger partial charge in [0.15, 0.2) is 0 Å². The number of nitrogens with one attached hydrogen (secondary N) is 1. The second-order valence-electron chi connectivity index (χ2n) is 4.54. The van der Waals surface area contributed by atoms with Gasteiger partial charge >= 0.3 is 0 Å². The minimum Gasteiger partial charge on any atom is -0.468 e. The summed E-state index contributed by atoms with van der Waals surface area (Å²) in [5.41, 5.74) is 0. The Morgan fingerprint density at radius 3 is 2.81 bits per heavy atom. The summed E-state index contributed by atoms with van der Waals surface area (Å²) in [6.45, 7) is 7.55. The van der Waals surface area contributed by atoms with E-state index in [-0.39, 0.29) is 0 Å². The first-order chi connectivity index (χ1) is 7.70. The second kappa shape index (κ2) is 7.47. The van der Waals surface area contributed by atoms with Crippen LogP contribution in [0.1, 0.15) is 32.4 Å². The quantitative estimate of drug-likeness (QED) is 0.688. The van der Waals surface area contributed by atoms with Crippen LogP contribution in [0.25, 0.3) is 0 Å². The molecule has 1 aromatic heterocycles. The van der Waals surface area contributed by atoms with Gasteiger partial charge in [0.2, 0.25) is 0 Å². The normalized spacial score (nSPS) is 11.6. The van der Waals surface area contributed by atoms with E-state index in [4.69, 9.17) is 4.42 Å². The van der Waals surface area contributed by atoms with E-state index in [0.29, 0.717) is 6.04 Å². The molecule has 0 saturated carbocycles. The van der Waals surface area contributed by atoms with Crippen molar-refractivity contribution in [3.63, 3.8) is 0 Å². The third kappa shape index (κ3) is 5.33. The molecule has 0 aliphatic heterocycles. The number of hydrogen-bond acceptors (Lipinski definition) is 3. The smallest absolute Gasteiger partial charge is 0.117 e. The van der Waals surface area contributed by atoms with Crippen LogP contribution in [-0.2, 0) is 6.54 Å². The number of nitrogens with zero attached hydrogens (tertiary/aromatic N) is 1. The Balaban J connectivity index is 1.92. The van der Waals surface area contributed by atoms with Crippen LogP contribution < -0.4 is 5.32 Å². The average Bonchev–Trinajstić information content (AvgIpc) is 2.75. The van der Waals surface area contributed by atoms with E-state index in [1.165, 1.54) is 19.4 Å². The number of furan rings is 1. The first kappa shape index (κ1) is 13.3. The summed E-state index contributed by atoms with van der Waals surface area (Å²) in [4.78, 5) is 2.38. The third-order valence-corrected chi connectivity index (χ3v) is 2.88. The third-order valence-electron chi connectivity index (χ3n) is 2.88. The van der Waals surface area contributed by atoms with Crippen molar-refractivity contribution in [1.82, 2.24) is 10.2 Å². The fourth-order valence-corrected chi connectivity index (χ4v) is 1.49. The molecule has 0 bridgehead atoms. The van der Waals surface area contributed by atoms with Crippen molar-refractivity contribution in [2.75, 3.05) is 20.1 Å². The topological polar surface area (TPSA) is 28.4 Å². The van der Waals surface area contributed by atoms with Crippen LogP contribution in [0, 0.1) is 0 Å². The molecule has 16 heavy (non-hydrogen) atoms. The highest BCUT2D eigenvalue weighted by molar-refractivity contribution is 4.97. The summed E-state index contributed by atoms with van der Waals surface area (Å²) < 4.78 is 5.24. The van der Waals surface area contributed by atoms with Crippen LogP contribution in [0.3, 0.4) is 0 Å². The molecule has 0 radical (unpaired) electrons. The van der Waals surface area contributed by atoms with Crippen molar-refractivity contribution in [3.05, 3.63) is 24.2 Å². The van der Waals surface area contributed by atoms with Crippen molar-refractivity contribution in [3.8, 4) is 0 Å². The van der Waals surface area contributed by atoms with Crippen molar-refractivity contribution < 1.29 is 4.42 Å². The van der Waals surface area contributed by atoms with Gasteiger partial charge in [0.05, 0.1) is 12.8 Å². The van der Waals surface area contributed by atoms with E-state index in [9.17, 15) is 0 Å². The molecule has 1 N–H and O–H groups in total. The van der Waals surface area contributed by atoms with Crippen LogP contribution in [0.5, 0.6) is 0 Å². The van der Waals surface area contributed by atoms with E-state index in [0.717, 1.165) is 18.8 Å². The molecular formula is C13H24N2O. The van der Waals surface area contributed by atoms with Gasteiger partial charge in [-0.15, -0.1) is 0 Å². The van der Waals surface area contributed by atoms with Crippen molar-refractivity contribution >= 4 is 0 Å². The van der Waals surface area contributed by atoms with Crippen molar-refractivity contribution in [2.24, 2.45) is 0 Å². The lowest BCUT2D eigenvalue weighted by molar-refractivity contribution is 0.268. The first-order valence-corrected chi connectivity index (χ1v) is 6.13. The average molecular weight is 224 g/mol. The largest absolute Gasteiger partial charge is 0.468 e. The molecule has 0 aliphatic rings. The van der Waals surface area contributed by atoms with Crippen LogP contribution >= 0.6 is 0 Å². The summed E-state index contributed by atoms with van der Waals surface area (Å²) >= 11 is 0. The Kier molecular flexibility index (Phi) is 6.19. The molecule has 0 unspecified atom stereocenters. The molecule has 1 heterocycles. The predicted octanol–water partition coefficient (Wildman–Crippen LogP) is 2.49. The van der Waals surface area contributed by atoms with E-state index in [1.807, 2.05) is 12.1 Å². The molecule has 0 fully saturated rings. The lowest BCUT2D eigenvalue weighted by Gasteiger charge is -2.20.